The molecule has 0 aliphatic heterocycles. The van der Waals surface area contributed by atoms with E-state index >= 15 is 0 Å². The van der Waals surface area contributed by atoms with Gasteiger partial charge in [0.2, 0.25) is 0 Å². The lowest BCUT2D eigenvalue weighted by molar-refractivity contribution is 0.201. The molecule has 87 valence electrons. The highest BCUT2D eigenvalue weighted by Crippen LogP contribution is 2.31. The fourth-order valence-corrected chi connectivity index (χ4v) is 1.55. The normalized spacial score (nSPS) is 10.2. The van der Waals surface area contributed by atoms with Gasteiger partial charge >= 0.3 is 0 Å². The van der Waals surface area contributed by atoms with E-state index in [0.717, 1.165) is 5.56 Å². The quantitative estimate of drug-likeness (QED) is 0.845. The highest BCUT2D eigenvalue weighted by Gasteiger charge is 2.05. The van der Waals surface area contributed by atoms with Crippen molar-refractivity contribution in [3.63, 3.8) is 0 Å². The number of aliphatic hydroxyl groups excluding tert-OH is 1. The van der Waals surface area contributed by atoms with E-state index in [1.807, 2.05) is 18.2 Å². The molecule has 0 amide bonds. The van der Waals surface area contributed by atoms with Gasteiger partial charge in [0.05, 0.1) is 6.61 Å². The Hall–Kier alpha value is -2.00. The van der Waals surface area contributed by atoms with Crippen LogP contribution in [0.4, 0.5) is 0 Å². The summed E-state index contributed by atoms with van der Waals surface area (Å²) in [4.78, 5) is 0. The maximum absolute atomic E-state index is 9.88. The van der Waals surface area contributed by atoms with Crippen LogP contribution >= 0.6 is 0 Å². The first-order valence-corrected chi connectivity index (χ1v) is 5.35. The van der Waals surface area contributed by atoms with Crippen molar-refractivity contribution in [3.05, 3.63) is 48.5 Å². The molecule has 0 aromatic heterocycles. The molecule has 3 heteroatoms. The van der Waals surface area contributed by atoms with E-state index in [1.165, 1.54) is 6.07 Å². The van der Waals surface area contributed by atoms with E-state index in [1.54, 1.807) is 18.2 Å². The van der Waals surface area contributed by atoms with E-state index < -0.39 is 0 Å². The topological polar surface area (TPSA) is 49.7 Å². The van der Waals surface area contributed by atoms with Crippen molar-refractivity contribution < 1.29 is 14.9 Å². The van der Waals surface area contributed by atoms with Crippen molar-refractivity contribution in [2.24, 2.45) is 0 Å². The monoisotopic (exact) mass is 229 g/mol. The molecule has 0 aliphatic carbocycles. The largest absolute Gasteiger partial charge is 0.507 e. The predicted octanol–water partition coefficient (Wildman–Crippen LogP) is 2.23. The van der Waals surface area contributed by atoms with Crippen LogP contribution in [0.25, 0.3) is 11.1 Å². The van der Waals surface area contributed by atoms with Gasteiger partial charge in [0, 0.05) is 11.6 Å². The molecule has 0 spiro atoms. The molecule has 0 saturated heterocycles. The summed E-state index contributed by atoms with van der Waals surface area (Å²) in [5, 5.41) is 18.5. The summed E-state index contributed by atoms with van der Waals surface area (Å²) < 4.78 is 5.21. The number of hydrogen-bond donors (Lipinski definition) is 2. The van der Waals surface area contributed by atoms with Gasteiger partial charge < -0.3 is 14.9 Å². The smallest absolute Gasteiger partial charge is 0.127 e. The highest BCUT2D eigenvalue weighted by atomic mass is 16.5. The van der Waals surface area contributed by atoms with E-state index in [9.17, 15) is 5.11 Å². The lowest BCUT2D eigenvalue weighted by Gasteiger charge is -2.08. The molecule has 1 radical (unpaired) electrons. The van der Waals surface area contributed by atoms with Gasteiger partial charge in [-0.1, -0.05) is 24.3 Å². The second-order valence-corrected chi connectivity index (χ2v) is 3.53. The highest BCUT2D eigenvalue weighted by molar-refractivity contribution is 5.70. The first kappa shape index (κ1) is 11.5. The fourth-order valence-electron chi connectivity index (χ4n) is 1.55. The molecular formula is C14H13O3. The van der Waals surface area contributed by atoms with Crippen molar-refractivity contribution >= 4 is 0 Å². The van der Waals surface area contributed by atoms with Crippen molar-refractivity contribution in [3.8, 4) is 22.6 Å². The summed E-state index contributed by atoms with van der Waals surface area (Å²) >= 11 is 0. The van der Waals surface area contributed by atoms with Crippen LogP contribution in [0.2, 0.25) is 0 Å². The number of benzene rings is 2. The van der Waals surface area contributed by atoms with Crippen LogP contribution in [0.1, 0.15) is 0 Å². The minimum Gasteiger partial charge on any atom is -0.507 e. The molecule has 2 rings (SSSR count). The Morgan fingerprint density at radius 1 is 1.18 bits per heavy atom. The SMILES string of the molecule is OCCOc1ccc(-c2[c]cccc2)c(O)c1. The number of aliphatic hydroxyl groups is 1. The third-order valence-electron chi connectivity index (χ3n) is 2.33. The lowest BCUT2D eigenvalue weighted by atomic mass is 10.0. The first-order chi connectivity index (χ1) is 8.31. The average Bonchev–Trinajstić information content (AvgIpc) is 2.37. The summed E-state index contributed by atoms with van der Waals surface area (Å²) in [6.07, 6.45) is 0. The lowest BCUT2D eigenvalue weighted by Crippen LogP contribution is -2.01. The molecule has 0 bridgehead atoms. The minimum atomic E-state index is -0.0467. The van der Waals surface area contributed by atoms with Crippen LogP contribution in [0.5, 0.6) is 11.5 Å². The maximum atomic E-state index is 9.88. The van der Waals surface area contributed by atoms with Gasteiger partial charge in [-0.15, -0.1) is 0 Å². The van der Waals surface area contributed by atoms with Crippen LogP contribution in [-0.4, -0.2) is 23.4 Å². The summed E-state index contributed by atoms with van der Waals surface area (Å²) in [6.45, 7) is 0.172. The molecule has 0 fully saturated rings. The van der Waals surface area contributed by atoms with Crippen LogP contribution in [0, 0.1) is 6.07 Å². The molecule has 0 unspecified atom stereocenters. The molecule has 0 heterocycles. The first-order valence-electron chi connectivity index (χ1n) is 5.35. The van der Waals surface area contributed by atoms with Crippen molar-refractivity contribution in [1.82, 2.24) is 0 Å². The zero-order valence-electron chi connectivity index (χ0n) is 9.26. The van der Waals surface area contributed by atoms with E-state index in [4.69, 9.17) is 9.84 Å². The number of rotatable bonds is 4. The van der Waals surface area contributed by atoms with Crippen molar-refractivity contribution in [2.75, 3.05) is 13.2 Å². The molecule has 2 aromatic carbocycles. The Labute approximate surface area is 99.9 Å². The van der Waals surface area contributed by atoms with Crippen LogP contribution < -0.4 is 4.74 Å². The molecular weight excluding hydrogens is 216 g/mol. The summed E-state index contributed by atoms with van der Waals surface area (Å²) in [5.74, 6) is 0.680. The minimum absolute atomic E-state index is 0.0467. The molecule has 0 saturated carbocycles. The van der Waals surface area contributed by atoms with E-state index in [2.05, 4.69) is 6.07 Å². The van der Waals surface area contributed by atoms with Crippen LogP contribution in [0.3, 0.4) is 0 Å². The molecule has 2 aromatic rings. The number of hydrogen-bond acceptors (Lipinski definition) is 3. The van der Waals surface area contributed by atoms with E-state index in [-0.39, 0.29) is 19.0 Å². The Morgan fingerprint density at radius 3 is 2.71 bits per heavy atom. The second-order valence-electron chi connectivity index (χ2n) is 3.53. The fraction of sp³-hybridized carbons (Fsp3) is 0.143. The van der Waals surface area contributed by atoms with Crippen LogP contribution in [0.15, 0.2) is 42.5 Å². The van der Waals surface area contributed by atoms with Gasteiger partial charge in [-0.3, -0.25) is 0 Å². The van der Waals surface area contributed by atoms with Gasteiger partial charge in [0.15, 0.2) is 0 Å². The summed E-state index contributed by atoms with van der Waals surface area (Å²) in [6, 6.07) is 15.5. The molecule has 0 atom stereocenters. The second kappa shape index (κ2) is 5.37. The molecule has 2 N–H and O–H groups in total. The zero-order chi connectivity index (χ0) is 12.1. The standard InChI is InChI=1S/C14H13O3/c15-8-9-17-12-6-7-13(14(16)10-12)11-4-2-1-3-5-11/h1-4,6-7,10,15-16H,8-9H2. The Kier molecular flexibility index (Phi) is 3.62. The predicted molar refractivity (Wildman–Crippen MR) is 65.0 cm³/mol. The molecule has 17 heavy (non-hydrogen) atoms. The van der Waals surface area contributed by atoms with Crippen LogP contribution in [-0.2, 0) is 0 Å². The molecule has 3 nitrogen and oxygen atoms in total. The molecule has 0 aliphatic rings. The third-order valence-corrected chi connectivity index (χ3v) is 2.33. The third kappa shape index (κ3) is 2.77. The van der Waals surface area contributed by atoms with Crippen molar-refractivity contribution in [1.29, 1.82) is 0 Å². The number of phenols is 1. The summed E-state index contributed by atoms with van der Waals surface area (Å²) in [7, 11) is 0. The van der Waals surface area contributed by atoms with Gasteiger partial charge in [0.1, 0.15) is 18.1 Å². The van der Waals surface area contributed by atoms with E-state index in [0.29, 0.717) is 11.3 Å². The van der Waals surface area contributed by atoms with Gasteiger partial charge in [-0.2, -0.15) is 0 Å². The Bertz CT molecular complexity index is 480. The Balaban J connectivity index is 2.26. The maximum Gasteiger partial charge on any atom is 0.127 e. The van der Waals surface area contributed by atoms with Gasteiger partial charge in [-0.05, 0) is 23.8 Å². The van der Waals surface area contributed by atoms with Gasteiger partial charge in [-0.25, -0.2) is 0 Å². The number of aromatic hydroxyl groups is 1. The number of phenolic OH excluding ortho intramolecular Hbond substituents is 1. The van der Waals surface area contributed by atoms with Crippen molar-refractivity contribution in [2.45, 2.75) is 0 Å². The summed E-state index contributed by atoms with van der Waals surface area (Å²) in [5.41, 5.74) is 1.54. The Morgan fingerprint density at radius 2 is 2.06 bits per heavy atom. The average molecular weight is 229 g/mol. The zero-order valence-corrected chi connectivity index (χ0v) is 9.26. The number of ether oxygens (including phenoxy) is 1. The van der Waals surface area contributed by atoms with Gasteiger partial charge in [0.25, 0.3) is 0 Å².